The van der Waals surface area contributed by atoms with E-state index in [4.69, 9.17) is 18.9 Å². The van der Waals surface area contributed by atoms with E-state index in [-0.39, 0.29) is 0 Å². The molecule has 1 amide bonds. The highest BCUT2D eigenvalue weighted by Gasteiger charge is 1.94. The summed E-state index contributed by atoms with van der Waals surface area (Å²) in [6, 6.07) is 0.535. The highest BCUT2D eigenvalue weighted by Crippen LogP contribution is 1.86. The molecule has 0 atom stereocenters. The van der Waals surface area contributed by atoms with Gasteiger partial charge >= 0.3 is 0 Å². The molecule has 7 heteroatoms. The molecule has 0 aromatic carbocycles. The molecule has 0 aromatic heterocycles. The van der Waals surface area contributed by atoms with Crippen molar-refractivity contribution in [2.75, 3.05) is 65.9 Å². The zero-order valence-corrected chi connectivity index (χ0v) is 18.7. The topological polar surface area (TPSA) is 78.0 Å². The second-order valence-corrected chi connectivity index (χ2v) is 5.51. The average molecular weight is 395 g/mol. The minimum atomic E-state index is 0.535. The number of nitrogens with one attached hydrogen (secondary N) is 2. The SMILES string of the molecule is CC.CC(C)NCCCOCCOCCOCCCNC=O.CCOCC. The Morgan fingerprint density at radius 2 is 1.19 bits per heavy atom. The molecular formula is C20H46N2O5. The number of hydrogen-bond donors (Lipinski definition) is 2. The lowest BCUT2D eigenvalue weighted by Crippen LogP contribution is -2.24. The Hall–Kier alpha value is -0.730. The monoisotopic (exact) mass is 394 g/mol. The van der Waals surface area contributed by atoms with Gasteiger partial charge < -0.3 is 29.6 Å². The van der Waals surface area contributed by atoms with Crippen LogP contribution in [0.5, 0.6) is 0 Å². The van der Waals surface area contributed by atoms with Gasteiger partial charge in [0.05, 0.1) is 26.4 Å². The summed E-state index contributed by atoms with van der Waals surface area (Å²) in [5.74, 6) is 0. The van der Waals surface area contributed by atoms with E-state index in [1.165, 1.54) is 0 Å². The third-order valence-corrected chi connectivity index (χ3v) is 2.86. The Labute approximate surface area is 167 Å². The van der Waals surface area contributed by atoms with Gasteiger partial charge in [-0.1, -0.05) is 27.7 Å². The first-order valence-corrected chi connectivity index (χ1v) is 10.4. The minimum Gasteiger partial charge on any atom is -0.382 e. The molecule has 0 aliphatic rings. The van der Waals surface area contributed by atoms with Crippen LogP contribution < -0.4 is 10.6 Å². The fourth-order valence-electron chi connectivity index (χ4n) is 1.65. The first-order chi connectivity index (χ1) is 13.2. The fraction of sp³-hybridized carbons (Fsp3) is 0.950. The van der Waals surface area contributed by atoms with Crippen LogP contribution in [0.2, 0.25) is 0 Å². The Balaban J connectivity index is -0.000000705. The lowest BCUT2D eigenvalue weighted by atomic mass is 10.3. The van der Waals surface area contributed by atoms with Crippen molar-refractivity contribution in [1.82, 2.24) is 10.6 Å². The summed E-state index contributed by atoms with van der Waals surface area (Å²) < 4.78 is 21.0. The van der Waals surface area contributed by atoms with E-state index in [2.05, 4.69) is 24.5 Å². The number of rotatable bonds is 18. The zero-order chi connectivity index (χ0) is 21.0. The molecule has 0 aliphatic heterocycles. The second-order valence-electron chi connectivity index (χ2n) is 5.51. The lowest BCUT2D eigenvalue weighted by Gasteiger charge is -2.08. The summed E-state index contributed by atoms with van der Waals surface area (Å²) in [6.45, 7) is 19.4. The maximum atomic E-state index is 9.97. The van der Waals surface area contributed by atoms with Crippen molar-refractivity contribution in [2.45, 2.75) is 60.4 Å². The summed E-state index contributed by atoms with van der Waals surface area (Å²) in [5.41, 5.74) is 0. The second kappa shape index (κ2) is 32.9. The van der Waals surface area contributed by atoms with Crippen molar-refractivity contribution in [3.05, 3.63) is 0 Å². The smallest absolute Gasteiger partial charge is 0.207 e. The average Bonchev–Trinajstić information content (AvgIpc) is 2.67. The quantitative estimate of drug-likeness (QED) is 0.275. The molecule has 0 saturated carbocycles. The number of amides is 1. The molecule has 2 N–H and O–H groups in total. The van der Waals surface area contributed by atoms with Crippen molar-refractivity contribution in [3.8, 4) is 0 Å². The van der Waals surface area contributed by atoms with E-state index in [0.29, 0.717) is 52.0 Å². The van der Waals surface area contributed by atoms with Crippen LogP contribution in [0, 0.1) is 0 Å². The van der Waals surface area contributed by atoms with Crippen LogP contribution in [0.25, 0.3) is 0 Å². The van der Waals surface area contributed by atoms with Crippen molar-refractivity contribution in [1.29, 1.82) is 0 Å². The predicted molar refractivity (Wildman–Crippen MR) is 112 cm³/mol. The lowest BCUT2D eigenvalue weighted by molar-refractivity contribution is -0.109. The van der Waals surface area contributed by atoms with Crippen molar-refractivity contribution >= 4 is 6.41 Å². The molecule has 0 spiro atoms. The van der Waals surface area contributed by atoms with E-state index in [9.17, 15) is 4.79 Å². The summed E-state index contributed by atoms with van der Waals surface area (Å²) in [5, 5.41) is 5.92. The number of carbonyl (C=O) groups excluding carboxylic acids is 1. The maximum absolute atomic E-state index is 9.97. The molecule has 0 saturated heterocycles. The number of hydrogen-bond acceptors (Lipinski definition) is 6. The molecule has 7 nitrogen and oxygen atoms in total. The predicted octanol–water partition coefficient (Wildman–Crippen LogP) is 2.63. The van der Waals surface area contributed by atoms with E-state index in [1.54, 1.807) is 0 Å². The van der Waals surface area contributed by atoms with Gasteiger partial charge in [-0.25, -0.2) is 0 Å². The van der Waals surface area contributed by atoms with Gasteiger partial charge in [-0.05, 0) is 33.2 Å². The first-order valence-electron chi connectivity index (χ1n) is 10.4. The third kappa shape index (κ3) is 41.0. The summed E-state index contributed by atoms with van der Waals surface area (Å²) in [6.07, 6.45) is 2.55. The van der Waals surface area contributed by atoms with Gasteiger partial charge in [-0.2, -0.15) is 0 Å². The van der Waals surface area contributed by atoms with Crippen LogP contribution >= 0.6 is 0 Å². The van der Waals surface area contributed by atoms with Gasteiger partial charge in [0.25, 0.3) is 0 Å². The molecule has 166 valence electrons. The number of ether oxygens (including phenoxy) is 4. The van der Waals surface area contributed by atoms with E-state index < -0.39 is 0 Å². The maximum Gasteiger partial charge on any atom is 0.207 e. The van der Waals surface area contributed by atoms with Gasteiger partial charge in [0.15, 0.2) is 0 Å². The standard InChI is InChI=1S/C14H30N2O4.C4H10O.C2H6/c1-14(2)16-6-4-8-19-10-12-20-11-9-18-7-3-5-15-13-17;1-3-5-4-2;1-2/h13-14,16H,3-12H2,1-2H3,(H,15,17);3-4H2,1-2H3;1-2H3. The normalized spacial score (nSPS) is 9.89. The van der Waals surface area contributed by atoms with Crippen LogP contribution in [0.1, 0.15) is 54.4 Å². The Morgan fingerprint density at radius 1 is 0.741 bits per heavy atom. The minimum absolute atomic E-state index is 0.535. The Morgan fingerprint density at radius 3 is 1.56 bits per heavy atom. The van der Waals surface area contributed by atoms with Crippen LogP contribution in [-0.2, 0) is 23.7 Å². The van der Waals surface area contributed by atoms with Crippen LogP contribution in [0.3, 0.4) is 0 Å². The Bertz CT molecular complexity index is 242. The zero-order valence-electron chi connectivity index (χ0n) is 18.7. The van der Waals surface area contributed by atoms with Gasteiger partial charge in [0, 0.05) is 39.0 Å². The summed E-state index contributed by atoms with van der Waals surface area (Å²) in [7, 11) is 0. The molecule has 0 aromatic rings. The molecule has 0 fully saturated rings. The molecular weight excluding hydrogens is 348 g/mol. The van der Waals surface area contributed by atoms with Crippen molar-refractivity contribution < 1.29 is 23.7 Å². The van der Waals surface area contributed by atoms with E-state index >= 15 is 0 Å². The molecule has 0 rings (SSSR count). The molecule has 0 radical (unpaired) electrons. The Kier molecular flexibility index (Phi) is 37.8. The van der Waals surface area contributed by atoms with E-state index in [0.717, 1.165) is 39.2 Å². The summed E-state index contributed by atoms with van der Waals surface area (Å²) in [4.78, 5) is 9.97. The van der Waals surface area contributed by atoms with Crippen LogP contribution in [0.4, 0.5) is 0 Å². The van der Waals surface area contributed by atoms with Crippen molar-refractivity contribution in [2.24, 2.45) is 0 Å². The molecule has 0 heterocycles. The molecule has 0 aliphatic carbocycles. The van der Waals surface area contributed by atoms with Crippen LogP contribution in [-0.4, -0.2) is 78.4 Å². The fourth-order valence-corrected chi connectivity index (χ4v) is 1.65. The van der Waals surface area contributed by atoms with E-state index in [1.807, 2.05) is 27.7 Å². The van der Waals surface area contributed by atoms with Crippen LogP contribution in [0.15, 0.2) is 0 Å². The summed E-state index contributed by atoms with van der Waals surface area (Å²) >= 11 is 0. The van der Waals surface area contributed by atoms with Gasteiger partial charge in [-0.15, -0.1) is 0 Å². The highest BCUT2D eigenvalue weighted by atomic mass is 16.5. The largest absolute Gasteiger partial charge is 0.382 e. The highest BCUT2D eigenvalue weighted by molar-refractivity contribution is 5.45. The van der Waals surface area contributed by atoms with Gasteiger partial charge in [0.2, 0.25) is 6.41 Å². The van der Waals surface area contributed by atoms with Gasteiger partial charge in [0.1, 0.15) is 0 Å². The molecule has 27 heavy (non-hydrogen) atoms. The van der Waals surface area contributed by atoms with Crippen molar-refractivity contribution in [3.63, 3.8) is 0 Å². The van der Waals surface area contributed by atoms with Gasteiger partial charge in [-0.3, -0.25) is 4.79 Å². The number of carbonyl (C=O) groups is 1. The molecule has 0 bridgehead atoms. The molecule has 0 unspecified atom stereocenters. The third-order valence-electron chi connectivity index (χ3n) is 2.86. The first kappa shape index (κ1) is 31.0.